The number of hydrogen-bond acceptors (Lipinski definition) is 2. The first-order valence-electron chi connectivity index (χ1n) is 5.57. The number of ether oxygens (including phenoxy) is 2. The third-order valence-corrected chi connectivity index (χ3v) is 3.67. The van der Waals surface area contributed by atoms with Crippen molar-refractivity contribution in [2.75, 3.05) is 6.61 Å². The zero-order chi connectivity index (χ0) is 11.0. The van der Waals surface area contributed by atoms with Crippen LogP contribution in [0.4, 0.5) is 0 Å². The lowest BCUT2D eigenvalue weighted by molar-refractivity contribution is -0.352. The van der Waals surface area contributed by atoms with Crippen LogP contribution in [0.3, 0.4) is 0 Å². The van der Waals surface area contributed by atoms with Gasteiger partial charge in [0.2, 0.25) is 0 Å². The van der Waals surface area contributed by atoms with Gasteiger partial charge in [-0.15, -0.1) is 0 Å². The second-order valence-electron chi connectivity index (χ2n) is 5.64. The molecule has 0 aromatic carbocycles. The standard InChI is InChI=1S/C12H24O2/c1-7-10(2,3)12(6)13-9-8-11(4,5)14-12/h7-9H2,1-6H3. The fraction of sp³-hybridized carbons (Fsp3) is 1.00. The van der Waals surface area contributed by atoms with Gasteiger partial charge in [-0.1, -0.05) is 20.8 Å². The predicted octanol–water partition coefficient (Wildman–Crippen LogP) is 3.35. The topological polar surface area (TPSA) is 18.5 Å². The molecule has 1 fully saturated rings. The quantitative estimate of drug-likeness (QED) is 0.680. The molecular weight excluding hydrogens is 176 g/mol. The Balaban J connectivity index is 2.84. The maximum atomic E-state index is 6.09. The molecule has 0 radical (unpaired) electrons. The van der Waals surface area contributed by atoms with E-state index < -0.39 is 5.79 Å². The van der Waals surface area contributed by atoms with Crippen LogP contribution in [0.25, 0.3) is 0 Å². The van der Waals surface area contributed by atoms with Gasteiger partial charge in [0.05, 0.1) is 12.2 Å². The number of hydrogen-bond donors (Lipinski definition) is 0. The average Bonchev–Trinajstić information content (AvgIpc) is 2.01. The molecule has 14 heavy (non-hydrogen) atoms. The van der Waals surface area contributed by atoms with Gasteiger partial charge in [0.25, 0.3) is 0 Å². The van der Waals surface area contributed by atoms with E-state index in [-0.39, 0.29) is 11.0 Å². The van der Waals surface area contributed by atoms with Gasteiger partial charge in [-0.05, 0) is 33.6 Å². The molecule has 0 spiro atoms. The lowest BCUT2D eigenvalue weighted by Crippen LogP contribution is -2.55. The minimum atomic E-state index is -0.441. The molecule has 2 heteroatoms. The summed E-state index contributed by atoms with van der Waals surface area (Å²) in [5.74, 6) is -0.441. The first kappa shape index (κ1) is 12.0. The molecule has 0 aromatic rings. The summed E-state index contributed by atoms with van der Waals surface area (Å²) in [6.07, 6.45) is 2.03. The van der Waals surface area contributed by atoms with Crippen molar-refractivity contribution in [2.24, 2.45) is 5.41 Å². The molecule has 1 saturated heterocycles. The van der Waals surface area contributed by atoms with Crippen LogP contribution >= 0.6 is 0 Å². The minimum Gasteiger partial charge on any atom is -0.350 e. The van der Waals surface area contributed by atoms with Crippen LogP contribution in [0.1, 0.15) is 54.4 Å². The van der Waals surface area contributed by atoms with Crippen LogP contribution in [-0.2, 0) is 9.47 Å². The Morgan fingerprint density at radius 2 is 1.79 bits per heavy atom. The Kier molecular flexibility index (Phi) is 2.99. The van der Waals surface area contributed by atoms with Gasteiger partial charge in [0.1, 0.15) is 0 Å². The lowest BCUT2D eigenvalue weighted by Gasteiger charge is -2.50. The summed E-state index contributed by atoms with van der Waals surface area (Å²) < 4.78 is 11.9. The highest BCUT2D eigenvalue weighted by Crippen LogP contribution is 2.43. The molecule has 0 bridgehead atoms. The molecule has 2 nitrogen and oxygen atoms in total. The molecule has 1 atom stereocenters. The van der Waals surface area contributed by atoms with Crippen molar-refractivity contribution >= 4 is 0 Å². The van der Waals surface area contributed by atoms with E-state index in [0.29, 0.717) is 0 Å². The highest BCUT2D eigenvalue weighted by molar-refractivity contribution is 4.89. The molecule has 1 aliphatic heterocycles. The van der Waals surface area contributed by atoms with E-state index in [4.69, 9.17) is 9.47 Å². The first-order valence-corrected chi connectivity index (χ1v) is 5.57. The van der Waals surface area contributed by atoms with E-state index in [2.05, 4.69) is 41.5 Å². The van der Waals surface area contributed by atoms with Crippen LogP contribution < -0.4 is 0 Å². The van der Waals surface area contributed by atoms with Crippen molar-refractivity contribution in [3.63, 3.8) is 0 Å². The van der Waals surface area contributed by atoms with Crippen molar-refractivity contribution in [3.05, 3.63) is 0 Å². The van der Waals surface area contributed by atoms with Gasteiger partial charge < -0.3 is 9.47 Å². The van der Waals surface area contributed by atoms with Crippen molar-refractivity contribution < 1.29 is 9.47 Å². The minimum absolute atomic E-state index is 0.0561. The van der Waals surface area contributed by atoms with Crippen LogP contribution in [0, 0.1) is 5.41 Å². The average molecular weight is 200 g/mol. The summed E-state index contributed by atoms with van der Waals surface area (Å²) in [7, 11) is 0. The van der Waals surface area contributed by atoms with Crippen molar-refractivity contribution in [1.82, 2.24) is 0 Å². The molecule has 1 heterocycles. The lowest BCUT2D eigenvalue weighted by atomic mass is 9.80. The molecule has 0 saturated carbocycles. The summed E-state index contributed by atoms with van der Waals surface area (Å²) >= 11 is 0. The molecule has 0 amide bonds. The second-order valence-corrected chi connectivity index (χ2v) is 5.64. The molecule has 0 aliphatic carbocycles. The van der Waals surface area contributed by atoms with Crippen molar-refractivity contribution in [2.45, 2.75) is 65.8 Å². The molecule has 1 aliphatic rings. The van der Waals surface area contributed by atoms with E-state index in [1.807, 2.05) is 0 Å². The molecule has 0 aromatic heterocycles. The van der Waals surface area contributed by atoms with Crippen LogP contribution in [-0.4, -0.2) is 18.0 Å². The van der Waals surface area contributed by atoms with E-state index in [9.17, 15) is 0 Å². The van der Waals surface area contributed by atoms with Gasteiger partial charge in [0, 0.05) is 5.41 Å². The molecular formula is C12H24O2. The molecule has 1 unspecified atom stereocenters. The maximum absolute atomic E-state index is 6.09. The zero-order valence-electron chi connectivity index (χ0n) is 10.4. The normalized spacial score (nSPS) is 33.0. The second kappa shape index (κ2) is 3.49. The first-order chi connectivity index (χ1) is 6.22. The Morgan fingerprint density at radius 1 is 1.21 bits per heavy atom. The predicted molar refractivity (Wildman–Crippen MR) is 58.2 cm³/mol. The Labute approximate surface area is 88.0 Å². The SMILES string of the molecule is CCC(C)(C)C1(C)OCCC(C)(C)O1. The van der Waals surface area contributed by atoms with Crippen LogP contribution in [0.2, 0.25) is 0 Å². The van der Waals surface area contributed by atoms with Crippen LogP contribution in [0.5, 0.6) is 0 Å². The van der Waals surface area contributed by atoms with Crippen molar-refractivity contribution in [1.29, 1.82) is 0 Å². The fourth-order valence-corrected chi connectivity index (χ4v) is 1.75. The Morgan fingerprint density at radius 3 is 2.21 bits per heavy atom. The Hall–Kier alpha value is -0.0800. The maximum Gasteiger partial charge on any atom is 0.171 e. The summed E-state index contributed by atoms with van der Waals surface area (Å²) in [4.78, 5) is 0. The van der Waals surface area contributed by atoms with E-state index in [1.165, 1.54) is 0 Å². The van der Waals surface area contributed by atoms with Gasteiger partial charge in [-0.2, -0.15) is 0 Å². The van der Waals surface area contributed by atoms with E-state index >= 15 is 0 Å². The number of rotatable bonds is 2. The van der Waals surface area contributed by atoms with Crippen molar-refractivity contribution in [3.8, 4) is 0 Å². The van der Waals surface area contributed by atoms with E-state index in [1.54, 1.807) is 0 Å². The summed E-state index contributed by atoms with van der Waals surface area (Å²) in [5.41, 5.74) is 0.00410. The highest BCUT2D eigenvalue weighted by Gasteiger charge is 2.48. The monoisotopic (exact) mass is 200 g/mol. The third kappa shape index (κ3) is 2.12. The smallest absolute Gasteiger partial charge is 0.171 e. The molecule has 1 rings (SSSR count). The zero-order valence-corrected chi connectivity index (χ0v) is 10.4. The largest absolute Gasteiger partial charge is 0.350 e. The summed E-state index contributed by atoms with van der Waals surface area (Å²) in [6.45, 7) is 13.7. The van der Waals surface area contributed by atoms with Gasteiger partial charge in [0.15, 0.2) is 5.79 Å². The summed E-state index contributed by atoms with van der Waals surface area (Å²) in [5, 5.41) is 0. The van der Waals surface area contributed by atoms with Gasteiger partial charge in [-0.3, -0.25) is 0 Å². The van der Waals surface area contributed by atoms with Crippen LogP contribution in [0.15, 0.2) is 0 Å². The molecule has 0 N–H and O–H groups in total. The molecule has 84 valence electrons. The fourth-order valence-electron chi connectivity index (χ4n) is 1.75. The van der Waals surface area contributed by atoms with Gasteiger partial charge >= 0.3 is 0 Å². The summed E-state index contributed by atoms with van der Waals surface area (Å²) in [6, 6.07) is 0. The van der Waals surface area contributed by atoms with E-state index in [0.717, 1.165) is 19.4 Å². The highest BCUT2D eigenvalue weighted by atomic mass is 16.7. The Bertz CT molecular complexity index is 208. The third-order valence-electron chi connectivity index (χ3n) is 3.67. The van der Waals surface area contributed by atoms with Gasteiger partial charge in [-0.25, -0.2) is 0 Å².